The van der Waals surface area contributed by atoms with Crippen molar-refractivity contribution in [2.24, 2.45) is 0 Å². The zero-order valence-corrected chi connectivity index (χ0v) is 19.1. The molecule has 0 bridgehead atoms. The Balaban J connectivity index is 2.34. The standard InChI is InChI=1S/C24H29N3O5/c1-16(2)27(17(3)4)22(28)15-32-21-9-7-6-8-20(21)23(29)19-12-18(13-25)24(30)26(14-19)10-11-31-5/h6-9,12,14,16-17H,10-11,15H2,1-5H3. The second kappa shape index (κ2) is 11.3. The predicted molar refractivity (Wildman–Crippen MR) is 120 cm³/mol. The number of amides is 1. The van der Waals surface area contributed by atoms with Crippen molar-refractivity contribution in [3.8, 4) is 11.8 Å². The minimum atomic E-state index is -0.487. The Labute approximate surface area is 188 Å². The fourth-order valence-electron chi connectivity index (χ4n) is 3.52. The van der Waals surface area contributed by atoms with E-state index in [1.807, 2.05) is 33.8 Å². The summed E-state index contributed by atoms with van der Waals surface area (Å²) < 4.78 is 12.0. The number of pyridine rings is 1. The smallest absolute Gasteiger partial charge is 0.268 e. The highest BCUT2D eigenvalue weighted by Crippen LogP contribution is 2.22. The van der Waals surface area contributed by atoms with E-state index in [9.17, 15) is 19.6 Å². The summed E-state index contributed by atoms with van der Waals surface area (Å²) >= 11 is 0. The van der Waals surface area contributed by atoms with E-state index in [2.05, 4.69) is 0 Å². The molecule has 0 saturated carbocycles. The molecule has 1 amide bonds. The van der Waals surface area contributed by atoms with Crippen LogP contribution in [0.1, 0.15) is 49.2 Å². The van der Waals surface area contributed by atoms with Gasteiger partial charge in [0, 0.05) is 37.5 Å². The Kier molecular flexibility index (Phi) is 8.73. The molecule has 1 heterocycles. The van der Waals surface area contributed by atoms with Gasteiger partial charge in [0.15, 0.2) is 12.4 Å². The molecule has 170 valence electrons. The van der Waals surface area contributed by atoms with Gasteiger partial charge < -0.3 is 18.9 Å². The average molecular weight is 440 g/mol. The first-order valence-electron chi connectivity index (χ1n) is 10.4. The Bertz CT molecular complexity index is 1060. The molecular weight excluding hydrogens is 410 g/mol. The number of benzene rings is 1. The van der Waals surface area contributed by atoms with Gasteiger partial charge in [0.05, 0.1) is 12.2 Å². The van der Waals surface area contributed by atoms with Crippen LogP contribution in [0.25, 0.3) is 0 Å². The van der Waals surface area contributed by atoms with Crippen molar-refractivity contribution in [1.29, 1.82) is 5.26 Å². The van der Waals surface area contributed by atoms with Crippen LogP contribution in [0.15, 0.2) is 41.3 Å². The number of carbonyl (C=O) groups is 2. The molecular formula is C24H29N3O5. The van der Waals surface area contributed by atoms with E-state index in [1.54, 1.807) is 29.2 Å². The number of nitrogens with zero attached hydrogens (tertiary/aromatic N) is 3. The van der Waals surface area contributed by atoms with Crippen molar-refractivity contribution < 1.29 is 19.1 Å². The molecule has 8 heteroatoms. The van der Waals surface area contributed by atoms with Gasteiger partial charge in [-0.1, -0.05) is 12.1 Å². The lowest BCUT2D eigenvalue weighted by atomic mass is 10.0. The molecule has 1 aromatic carbocycles. The number of hydrogen-bond donors (Lipinski definition) is 0. The number of carbonyl (C=O) groups excluding carboxylic acids is 2. The van der Waals surface area contributed by atoms with Crippen LogP contribution >= 0.6 is 0 Å². The van der Waals surface area contributed by atoms with Crippen LogP contribution in [-0.4, -0.2) is 53.6 Å². The molecule has 0 aliphatic heterocycles. The topological polar surface area (TPSA) is 102 Å². The minimum Gasteiger partial charge on any atom is -0.483 e. The predicted octanol–water partition coefficient (Wildman–Crippen LogP) is 2.62. The molecule has 0 saturated heterocycles. The molecule has 0 unspecified atom stereocenters. The van der Waals surface area contributed by atoms with Crippen molar-refractivity contribution >= 4 is 11.7 Å². The number of para-hydroxylation sites is 1. The molecule has 0 atom stereocenters. The molecule has 32 heavy (non-hydrogen) atoms. The Morgan fingerprint density at radius 2 is 1.81 bits per heavy atom. The highest BCUT2D eigenvalue weighted by molar-refractivity contribution is 6.10. The van der Waals surface area contributed by atoms with Crippen molar-refractivity contribution in [1.82, 2.24) is 9.47 Å². The third-order valence-electron chi connectivity index (χ3n) is 4.89. The molecule has 8 nitrogen and oxygen atoms in total. The molecule has 0 N–H and O–H groups in total. The number of ether oxygens (including phenoxy) is 2. The number of nitriles is 1. The molecule has 0 aliphatic rings. The minimum absolute atomic E-state index is 0.0144. The summed E-state index contributed by atoms with van der Waals surface area (Å²) in [6.07, 6.45) is 1.41. The lowest BCUT2D eigenvalue weighted by molar-refractivity contribution is -0.137. The monoisotopic (exact) mass is 439 g/mol. The second-order valence-corrected chi connectivity index (χ2v) is 7.85. The third-order valence-corrected chi connectivity index (χ3v) is 4.89. The first-order valence-corrected chi connectivity index (χ1v) is 10.4. The van der Waals surface area contributed by atoms with Gasteiger partial charge in [0.2, 0.25) is 0 Å². The van der Waals surface area contributed by atoms with Crippen LogP contribution in [0.5, 0.6) is 5.75 Å². The highest BCUT2D eigenvalue weighted by atomic mass is 16.5. The molecule has 2 aromatic rings. The number of hydrogen-bond acceptors (Lipinski definition) is 6. The zero-order valence-electron chi connectivity index (χ0n) is 19.1. The lowest BCUT2D eigenvalue weighted by Gasteiger charge is -2.30. The SMILES string of the molecule is COCCn1cc(C(=O)c2ccccc2OCC(=O)N(C(C)C)C(C)C)cc(C#N)c1=O. The average Bonchev–Trinajstić information content (AvgIpc) is 2.76. The quantitative estimate of drug-likeness (QED) is 0.528. The fraction of sp³-hybridized carbons (Fsp3) is 0.417. The van der Waals surface area contributed by atoms with Crippen LogP contribution in [0.2, 0.25) is 0 Å². The first-order chi connectivity index (χ1) is 15.2. The van der Waals surface area contributed by atoms with Gasteiger partial charge in [-0.3, -0.25) is 14.4 Å². The Morgan fingerprint density at radius 3 is 2.41 bits per heavy atom. The summed E-state index contributed by atoms with van der Waals surface area (Å²) in [6, 6.07) is 9.73. The highest BCUT2D eigenvalue weighted by Gasteiger charge is 2.22. The van der Waals surface area contributed by atoms with Gasteiger partial charge in [-0.2, -0.15) is 5.26 Å². The van der Waals surface area contributed by atoms with Crippen molar-refractivity contribution in [2.75, 3.05) is 20.3 Å². The Hall–Kier alpha value is -3.44. The van der Waals surface area contributed by atoms with E-state index in [1.165, 1.54) is 23.9 Å². The first kappa shape index (κ1) is 24.8. The van der Waals surface area contributed by atoms with E-state index in [-0.39, 0.29) is 60.2 Å². The molecule has 1 aromatic heterocycles. The van der Waals surface area contributed by atoms with E-state index >= 15 is 0 Å². The second-order valence-electron chi connectivity index (χ2n) is 7.85. The van der Waals surface area contributed by atoms with E-state index in [4.69, 9.17) is 9.47 Å². The van der Waals surface area contributed by atoms with Crippen molar-refractivity contribution in [3.05, 3.63) is 63.6 Å². The zero-order chi connectivity index (χ0) is 23.8. The van der Waals surface area contributed by atoms with Crippen LogP contribution < -0.4 is 10.3 Å². The molecule has 0 aliphatic carbocycles. The molecule has 0 radical (unpaired) electrons. The number of aromatic nitrogens is 1. The van der Waals surface area contributed by atoms with Crippen LogP contribution in [-0.2, 0) is 16.1 Å². The number of methoxy groups -OCH3 is 1. The summed E-state index contributed by atoms with van der Waals surface area (Å²) in [5.74, 6) is -0.344. The summed E-state index contributed by atoms with van der Waals surface area (Å²) in [7, 11) is 1.50. The van der Waals surface area contributed by atoms with Crippen LogP contribution in [0, 0.1) is 11.3 Å². The maximum Gasteiger partial charge on any atom is 0.268 e. The number of rotatable bonds is 10. The van der Waals surface area contributed by atoms with Crippen molar-refractivity contribution in [3.63, 3.8) is 0 Å². The van der Waals surface area contributed by atoms with Gasteiger partial charge in [-0.15, -0.1) is 0 Å². The molecule has 2 rings (SSSR count). The summed E-state index contributed by atoms with van der Waals surface area (Å²) in [4.78, 5) is 39.9. The molecule has 0 spiro atoms. The summed E-state index contributed by atoms with van der Waals surface area (Å²) in [6.45, 7) is 7.98. The number of ketones is 1. The van der Waals surface area contributed by atoms with E-state index < -0.39 is 11.3 Å². The lowest BCUT2D eigenvalue weighted by Crippen LogP contribution is -2.44. The Morgan fingerprint density at radius 1 is 1.16 bits per heavy atom. The van der Waals surface area contributed by atoms with E-state index in [0.717, 1.165) is 0 Å². The fourth-order valence-corrected chi connectivity index (χ4v) is 3.52. The third kappa shape index (κ3) is 5.83. The summed E-state index contributed by atoms with van der Waals surface area (Å²) in [5, 5.41) is 9.31. The van der Waals surface area contributed by atoms with Crippen molar-refractivity contribution in [2.45, 2.75) is 46.3 Å². The maximum absolute atomic E-state index is 13.2. The van der Waals surface area contributed by atoms with Gasteiger partial charge in [0.1, 0.15) is 17.4 Å². The van der Waals surface area contributed by atoms with Gasteiger partial charge in [-0.25, -0.2) is 0 Å². The van der Waals surface area contributed by atoms with Gasteiger partial charge in [-0.05, 0) is 45.9 Å². The maximum atomic E-state index is 13.2. The molecule has 0 fully saturated rings. The van der Waals surface area contributed by atoms with Crippen LogP contribution in [0.4, 0.5) is 0 Å². The van der Waals surface area contributed by atoms with E-state index in [0.29, 0.717) is 0 Å². The van der Waals surface area contributed by atoms with Gasteiger partial charge >= 0.3 is 0 Å². The van der Waals surface area contributed by atoms with Crippen LogP contribution in [0.3, 0.4) is 0 Å². The largest absolute Gasteiger partial charge is 0.483 e. The normalized spacial score (nSPS) is 10.8. The summed E-state index contributed by atoms with van der Waals surface area (Å²) in [5.41, 5.74) is -0.212. The van der Waals surface area contributed by atoms with Gasteiger partial charge in [0.25, 0.3) is 11.5 Å².